The number of nitrogens with zero attached hydrogens (tertiary/aromatic N) is 1. The van der Waals surface area contributed by atoms with E-state index >= 15 is 0 Å². The standard InChI is InChI=1S/C11H19N3S/c1-4-12-10-6-5-7-11(14-10)13-8-9(2)15-3/h5-7,9H,4,8H2,1-3H3,(H2,12,13,14). The maximum Gasteiger partial charge on any atom is 0.128 e. The lowest BCUT2D eigenvalue weighted by Gasteiger charge is -2.11. The summed E-state index contributed by atoms with van der Waals surface area (Å²) in [6.45, 7) is 6.12. The van der Waals surface area contributed by atoms with Crippen molar-refractivity contribution in [1.29, 1.82) is 0 Å². The Kier molecular flexibility index (Phi) is 5.32. The lowest BCUT2D eigenvalue weighted by molar-refractivity contribution is 0.990. The highest BCUT2D eigenvalue weighted by Crippen LogP contribution is 2.11. The van der Waals surface area contributed by atoms with Gasteiger partial charge in [-0.3, -0.25) is 0 Å². The lowest BCUT2D eigenvalue weighted by Crippen LogP contribution is -2.13. The number of hydrogen-bond donors (Lipinski definition) is 2. The minimum atomic E-state index is 0.606. The Bertz CT molecular complexity index is 291. The maximum atomic E-state index is 4.44. The monoisotopic (exact) mass is 225 g/mol. The zero-order chi connectivity index (χ0) is 11.1. The van der Waals surface area contributed by atoms with Gasteiger partial charge in [-0.1, -0.05) is 13.0 Å². The fraction of sp³-hybridized carbons (Fsp3) is 0.545. The van der Waals surface area contributed by atoms with Crippen molar-refractivity contribution in [2.75, 3.05) is 30.0 Å². The van der Waals surface area contributed by atoms with E-state index in [9.17, 15) is 0 Å². The van der Waals surface area contributed by atoms with Crippen LogP contribution in [0.3, 0.4) is 0 Å². The molecule has 0 amide bonds. The fourth-order valence-electron chi connectivity index (χ4n) is 1.14. The Balaban J connectivity index is 2.50. The van der Waals surface area contributed by atoms with Crippen molar-refractivity contribution in [2.45, 2.75) is 19.1 Å². The summed E-state index contributed by atoms with van der Waals surface area (Å²) >= 11 is 1.85. The number of nitrogens with one attached hydrogen (secondary N) is 2. The van der Waals surface area contributed by atoms with Gasteiger partial charge in [0.2, 0.25) is 0 Å². The molecule has 0 aliphatic rings. The number of aromatic nitrogens is 1. The predicted octanol–water partition coefficient (Wildman–Crippen LogP) is 2.68. The summed E-state index contributed by atoms with van der Waals surface area (Å²) in [5.41, 5.74) is 0. The van der Waals surface area contributed by atoms with Crippen LogP contribution < -0.4 is 10.6 Å². The molecule has 4 heteroatoms. The summed E-state index contributed by atoms with van der Waals surface area (Å²) in [4.78, 5) is 4.44. The predicted molar refractivity (Wildman–Crippen MR) is 69.9 cm³/mol. The molecule has 84 valence electrons. The summed E-state index contributed by atoms with van der Waals surface area (Å²) in [5.74, 6) is 1.87. The SMILES string of the molecule is CCNc1cccc(NCC(C)SC)n1. The van der Waals surface area contributed by atoms with Crippen molar-refractivity contribution in [3.05, 3.63) is 18.2 Å². The van der Waals surface area contributed by atoms with E-state index in [1.165, 1.54) is 0 Å². The van der Waals surface area contributed by atoms with E-state index in [1.807, 2.05) is 30.0 Å². The molecular weight excluding hydrogens is 206 g/mol. The largest absolute Gasteiger partial charge is 0.370 e. The van der Waals surface area contributed by atoms with Crippen LogP contribution in [0.25, 0.3) is 0 Å². The molecule has 1 aromatic rings. The summed E-state index contributed by atoms with van der Waals surface area (Å²) in [5, 5.41) is 7.12. The third kappa shape index (κ3) is 4.42. The first-order valence-electron chi connectivity index (χ1n) is 5.23. The van der Waals surface area contributed by atoms with Gasteiger partial charge in [0.05, 0.1) is 0 Å². The zero-order valence-electron chi connectivity index (χ0n) is 9.58. The van der Waals surface area contributed by atoms with Gasteiger partial charge in [0.25, 0.3) is 0 Å². The Hall–Kier alpha value is -0.900. The van der Waals surface area contributed by atoms with Crippen LogP contribution in [-0.2, 0) is 0 Å². The number of thioether (sulfide) groups is 1. The summed E-state index contributed by atoms with van der Waals surface area (Å²) < 4.78 is 0. The Morgan fingerprint density at radius 1 is 1.33 bits per heavy atom. The number of hydrogen-bond acceptors (Lipinski definition) is 4. The van der Waals surface area contributed by atoms with Crippen LogP contribution in [-0.4, -0.2) is 29.6 Å². The second-order valence-electron chi connectivity index (χ2n) is 3.37. The molecule has 3 nitrogen and oxygen atoms in total. The van der Waals surface area contributed by atoms with Gasteiger partial charge in [-0.15, -0.1) is 0 Å². The van der Waals surface area contributed by atoms with E-state index in [1.54, 1.807) is 0 Å². The van der Waals surface area contributed by atoms with Gasteiger partial charge in [0.15, 0.2) is 0 Å². The molecule has 0 spiro atoms. The molecule has 0 bridgehead atoms. The molecule has 0 aliphatic heterocycles. The Morgan fingerprint density at radius 3 is 2.60 bits per heavy atom. The van der Waals surface area contributed by atoms with E-state index in [2.05, 4.69) is 35.7 Å². The Morgan fingerprint density at radius 2 is 2.00 bits per heavy atom. The minimum absolute atomic E-state index is 0.606. The average molecular weight is 225 g/mol. The first-order chi connectivity index (χ1) is 7.26. The molecule has 15 heavy (non-hydrogen) atoms. The molecule has 0 aromatic carbocycles. The van der Waals surface area contributed by atoms with Gasteiger partial charge in [0, 0.05) is 18.3 Å². The maximum absolute atomic E-state index is 4.44. The quantitative estimate of drug-likeness (QED) is 0.780. The highest BCUT2D eigenvalue weighted by molar-refractivity contribution is 7.99. The van der Waals surface area contributed by atoms with E-state index in [0.29, 0.717) is 5.25 Å². The van der Waals surface area contributed by atoms with Gasteiger partial charge in [-0.05, 0) is 25.3 Å². The van der Waals surface area contributed by atoms with E-state index in [0.717, 1.165) is 24.7 Å². The van der Waals surface area contributed by atoms with Crippen molar-refractivity contribution in [3.63, 3.8) is 0 Å². The van der Waals surface area contributed by atoms with E-state index in [-0.39, 0.29) is 0 Å². The van der Waals surface area contributed by atoms with Gasteiger partial charge in [0.1, 0.15) is 11.6 Å². The molecule has 2 N–H and O–H groups in total. The van der Waals surface area contributed by atoms with Crippen LogP contribution in [0.5, 0.6) is 0 Å². The van der Waals surface area contributed by atoms with Gasteiger partial charge >= 0.3 is 0 Å². The Labute approximate surface area is 96.1 Å². The van der Waals surface area contributed by atoms with E-state index < -0.39 is 0 Å². The van der Waals surface area contributed by atoms with Crippen LogP contribution in [0.2, 0.25) is 0 Å². The smallest absolute Gasteiger partial charge is 0.128 e. The first kappa shape index (κ1) is 12.2. The molecule has 0 fully saturated rings. The number of anilines is 2. The van der Waals surface area contributed by atoms with Crippen molar-refractivity contribution in [3.8, 4) is 0 Å². The molecule has 1 rings (SSSR count). The normalized spacial score (nSPS) is 12.2. The third-order valence-electron chi connectivity index (χ3n) is 2.08. The van der Waals surface area contributed by atoms with Crippen LogP contribution in [0.15, 0.2) is 18.2 Å². The summed E-state index contributed by atoms with van der Waals surface area (Å²) in [6, 6.07) is 5.98. The molecule has 0 radical (unpaired) electrons. The van der Waals surface area contributed by atoms with E-state index in [4.69, 9.17) is 0 Å². The van der Waals surface area contributed by atoms with Crippen LogP contribution in [0.4, 0.5) is 11.6 Å². The van der Waals surface area contributed by atoms with Crippen molar-refractivity contribution >= 4 is 23.4 Å². The van der Waals surface area contributed by atoms with Gasteiger partial charge in [-0.2, -0.15) is 11.8 Å². The first-order valence-corrected chi connectivity index (χ1v) is 6.52. The third-order valence-corrected chi connectivity index (χ3v) is 3.05. The number of pyridine rings is 1. The summed E-state index contributed by atoms with van der Waals surface area (Å²) in [7, 11) is 0. The number of rotatable bonds is 6. The van der Waals surface area contributed by atoms with Crippen molar-refractivity contribution in [2.24, 2.45) is 0 Å². The van der Waals surface area contributed by atoms with Crippen LogP contribution in [0.1, 0.15) is 13.8 Å². The minimum Gasteiger partial charge on any atom is -0.370 e. The second-order valence-corrected chi connectivity index (χ2v) is 4.64. The van der Waals surface area contributed by atoms with Crippen LogP contribution >= 0.6 is 11.8 Å². The molecule has 0 aliphatic carbocycles. The molecule has 0 saturated carbocycles. The van der Waals surface area contributed by atoms with Gasteiger partial charge in [-0.25, -0.2) is 4.98 Å². The summed E-state index contributed by atoms with van der Waals surface area (Å²) in [6.07, 6.45) is 2.12. The molecular formula is C11H19N3S. The lowest BCUT2D eigenvalue weighted by atomic mass is 10.4. The molecule has 1 aromatic heterocycles. The van der Waals surface area contributed by atoms with Crippen molar-refractivity contribution < 1.29 is 0 Å². The molecule has 1 unspecified atom stereocenters. The van der Waals surface area contributed by atoms with Crippen molar-refractivity contribution in [1.82, 2.24) is 4.98 Å². The fourth-order valence-corrected chi connectivity index (χ4v) is 1.39. The highest BCUT2D eigenvalue weighted by atomic mass is 32.2. The second kappa shape index (κ2) is 6.56. The topological polar surface area (TPSA) is 37.0 Å². The molecule has 1 atom stereocenters. The molecule has 1 heterocycles. The average Bonchev–Trinajstić information content (AvgIpc) is 2.27. The molecule has 0 saturated heterocycles. The van der Waals surface area contributed by atoms with Gasteiger partial charge < -0.3 is 10.6 Å². The van der Waals surface area contributed by atoms with Crippen LogP contribution in [0, 0.1) is 0 Å². The highest BCUT2D eigenvalue weighted by Gasteiger charge is 2.00. The zero-order valence-corrected chi connectivity index (χ0v) is 10.4.